The number of pyridine rings is 1. The van der Waals surface area contributed by atoms with Gasteiger partial charge in [0.15, 0.2) is 5.69 Å². The molecule has 4 heteroatoms. The highest BCUT2D eigenvalue weighted by molar-refractivity contribution is 6.08. The summed E-state index contributed by atoms with van der Waals surface area (Å²) in [4.78, 5) is 4.32. The lowest BCUT2D eigenvalue weighted by Gasteiger charge is -2.21. The Labute approximate surface area is 202 Å². The van der Waals surface area contributed by atoms with Crippen molar-refractivity contribution in [1.82, 2.24) is 4.98 Å². The molecule has 35 heavy (non-hydrogen) atoms. The third kappa shape index (κ3) is 4.32. The summed E-state index contributed by atoms with van der Waals surface area (Å²) in [5.41, 5.74) is 5.96. The molecule has 0 amide bonds. The van der Waals surface area contributed by atoms with Crippen molar-refractivity contribution in [3.8, 4) is 33.4 Å². The number of aromatic nitrogens is 1. The Morgan fingerprint density at radius 1 is 0.543 bits per heavy atom. The average molecular weight is 468 g/mol. The van der Waals surface area contributed by atoms with Crippen LogP contribution in [0.15, 0.2) is 91.0 Å². The SMILES string of the molecule is Cc1ccc(-c2c(C(F)(F)F)nc3c(-c4ccc(C)cc4)cccc3c2-c2ccc(C)cc2)cc1. The lowest BCUT2D eigenvalue weighted by molar-refractivity contribution is -0.140. The Morgan fingerprint density at radius 3 is 1.49 bits per heavy atom. The first-order valence-corrected chi connectivity index (χ1v) is 11.5. The fraction of sp³-hybridized carbons (Fsp3) is 0.129. The number of rotatable bonds is 3. The van der Waals surface area contributed by atoms with Crippen LogP contribution in [-0.2, 0) is 6.18 Å². The van der Waals surface area contributed by atoms with Crippen LogP contribution in [0.25, 0.3) is 44.3 Å². The van der Waals surface area contributed by atoms with E-state index in [1.165, 1.54) is 0 Å². The summed E-state index contributed by atoms with van der Waals surface area (Å²) in [6.45, 7) is 5.87. The number of fused-ring (bicyclic) bond motifs is 1. The molecule has 0 atom stereocenters. The Hall–Kier alpha value is -3.92. The zero-order chi connectivity index (χ0) is 24.7. The van der Waals surface area contributed by atoms with E-state index in [0.29, 0.717) is 27.6 Å². The Morgan fingerprint density at radius 2 is 1.00 bits per heavy atom. The predicted octanol–water partition coefficient (Wildman–Crippen LogP) is 9.18. The molecule has 5 aromatic rings. The molecule has 0 saturated heterocycles. The summed E-state index contributed by atoms with van der Waals surface area (Å²) >= 11 is 0. The maximum atomic E-state index is 14.6. The minimum Gasteiger partial charge on any atom is -0.242 e. The van der Waals surface area contributed by atoms with E-state index in [0.717, 1.165) is 27.8 Å². The standard InChI is InChI=1S/C31H24F3N/c1-19-7-13-22(14-8-19)25-5-4-6-26-27(23-15-9-20(2)10-16-23)28(24-17-11-21(3)12-18-24)30(31(32,33)34)35-29(25)26/h4-18H,1-3H3. The monoisotopic (exact) mass is 467 g/mol. The molecular weight excluding hydrogens is 443 g/mol. The maximum absolute atomic E-state index is 14.6. The van der Waals surface area contributed by atoms with Gasteiger partial charge in [0.25, 0.3) is 0 Å². The van der Waals surface area contributed by atoms with Crippen molar-refractivity contribution in [2.24, 2.45) is 0 Å². The van der Waals surface area contributed by atoms with Crippen molar-refractivity contribution in [3.63, 3.8) is 0 Å². The molecule has 0 bridgehead atoms. The van der Waals surface area contributed by atoms with Crippen LogP contribution in [0, 0.1) is 20.8 Å². The van der Waals surface area contributed by atoms with Crippen LogP contribution in [0.5, 0.6) is 0 Å². The zero-order valence-corrected chi connectivity index (χ0v) is 19.7. The third-order valence-electron chi connectivity index (χ3n) is 6.33. The summed E-state index contributed by atoms with van der Waals surface area (Å²) in [6.07, 6.45) is -4.63. The van der Waals surface area contributed by atoms with Crippen LogP contribution in [0.3, 0.4) is 0 Å². The van der Waals surface area contributed by atoms with Gasteiger partial charge in [0.05, 0.1) is 5.52 Å². The first-order valence-electron chi connectivity index (χ1n) is 11.5. The van der Waals surface area contributed by atoms with E-state index >= 15 is 0 Å². The average Bonchev–Trinajstić information content (AvgIpc) is 2.84. The predicted molar refractivity (Wildman–Crippen MR) is 137 cm³/mol. The van der Waals surface area contributed by atoms with Gasteiger partial charge in [-0.1, -0.05) is 108 Å². The minimum absolute atomic E-state index is 0.106. The van der Waals surface area contributed by atoms with Crippen molar-refractivity contribution in [3.05, 3.63) is 113 Å². The normalized spacial score (nSPS) is 11.7. The highest BCUT2D eigenvalue weighted by Gasteiger charge is 2.38. The first kappa shape index (κ1) is 22.9. The fourth-order valence-electron chi connectivity index (χ4n) is 4.48. The van der Waals surface area contributed by atoms with E-state index in [-0.39, 0.29) is 5.56 Å². The Balaban J connectivity index is 1.95. The molecule has 0 fully saturated rings. The number of aryl methyl sites for hydroxylation is 3. The fourth-order valence-corrected chi connectivity index (χ4v) is 4.48. The number of alkyl halides is 3. The molecule has 0 aliphatic heterocycles. The van der Waals surface area contributed by atoms with Crippen LogP contribution >= 0.6 is 0 Å². The number of benzene rings is 4. The first-order chi connectivity index (χ1) is 16.7. The van der Waals surface area contributed by atoms with E-state index < -0.39 is 11.9 Å². The van der Waals surface area contributed by atoms with Crippen molar-refractivity contribution in [2.75, 3.05) is 0 Å². The molecular formula is C31H24F3N. The molecule has 0 spiro atoms. The molecule has 5 rings (SSSR count). The molecule has 0 N–H and O–H groups in total. The van der Waals surface area contributed by atoms with Gasteiger partial charge in [-0.05, 0) is 37.5 Å². The van der Waals surface area contributed by atoms with Gasteiger partial charge in [-0.3, -0.25) is 0 Å². The van der Waals surface area contributed by atoms with E-state index in [4.69, 9.17) is 0 Å². The van der Waals surface area contributed by atoms with Crippen molar-refractivity contribution >= 4 is 10.9 Å². The van der Waals surface area contributed by atoms with Crippen LogP contribution in [0.1, 0.15) is 22.4 Å². The summed E-state index contributed by atoms with van der Waals surface area (Å²) < 4.78 is 43.9. The largest absolute Gasteiger partial charge is 0.434 e. The van der Waals surface area contributed by atoms with Crippen LogP contribution < -0.4 is 0 Å². The molecule has 0 aliphatic rings. The summed E-state index contributed by atoms with van der Waals surface area (Å²) in [7, 11) is 0. The molecule has 1 nitrogen and oxygen atoms in total. The molecule has 4 aromatic carbocycles. The van der Waals surface area contributed by atoms with Gasteiger partial charge in [0.2, 0.25) is 0 Å². The van der Waals surface area contributed by atoms with Gasteiger partial charge in [-0.25, -0.2) is 4.98 Å². The van der Waals surface area contributed by atoms with Crippen molar-refractivity contribution < 1.29 is 13.2 Å². The molecule has 174 valence electrons. The van der Waals surface area contributed by atoms with Gasteiger partial charge in [0, 0.05) is 22.1 Å². The summed E-state index contributed by atoms with van der Waals surface area (Å²) in [5, 5.41) is 0.690. The van der Waals surface area contributed by atoms with E-state index in [9.17, 15) is 13.2 Å². The van der Waals surface area contributed by atoms with Gasteiger partial charge >= 0.3 is 6.18 Å². The number of hydrogen-bond donors (Lipinski definition) is 0. The van der Waals surface area contributed by atoms with Crippen molar-refractivity contribution in [1.29, 1.82) is 0 Å². The van der Waals surface area contributed by atoms with E-state index in [2.05, 4.69) is 4.98 Å². The van der Waals surface area contributed by atoms with E-state index in [1.54, 1.807) is 12.1 Å². The van der Waals surface area contributed by atoms with Crippen molar-refractivity contribution in [2.45, 2.75) is 26.9 Å². The third-order valence-corrected chi connectivity index (χ3v) is 6.33. The van der Waals surface area contributed by atoms with Crippen LogP contribution in [0.4, 0.5) is 13.2 Å². The van der Waals surface area contributed by atoms with Gasteiger partial charge < -0.3 is 0 Å². The smallest absolute Gasteiger partial charge is 0.242 e. The number of halogens is 3. The summed E-state index contributed by atoms with van der Waals surface area (Å²) in [5.74, 6) is 0. The van der Waals surface area contributed by atoms with Crippen LogP contribution in [-0.4, -0.2) is 4.98 Å². The lowest BCUT2D eigenvalue weighted by Crippen LogP contribution is -2.12. The van der Waals surface area contributed by atoms with Gasteiger partial charge in [-0.2, -0.15) is 13.2 Å². The lowest BCUT2D eigenvalue weighted by atomic mass is 9.87. The van der Waals surface area contributed by atoms with Gasteiger partial charge in [0.1, 0.15) is 0 Å². The molecule has 1 heterocycles. The number of para-hydroxylation sites is 1. The van der Waals surface area contributed by atoms with E-state index in [1.807, 2.05) is 99.6 Å². The van der Waals surface area contributed by atoms with Gasteiger partial charge in [-0.15, -0.1) is 0 Å². The quantitative estimate of drug-likeness (QED) is 0.258. The number of hydrogen-bond acceptors (Lipinski definition) is 1. The molecule has 0 aliphatic carbocycles. The zero-order valence-electron chi connectivity index (χ0n) is 19.7. The molecule has 0 radical (unpaired) electrons. The molecule has 0 saturated carbocycles. The second-order valence-electron chi connectivity index (χ2n) is 9.01. The highest BCUT2D eigenvalue weighted by atomic mass is 19.4. The molecule has 1 aromatic heterocycles. The van der Waals surface area contributed by atoms with Crippen LogP contribution in [0.2, 0.25) is 0 Å². The Kier molecular flexibility index (Phi) is 5.68. The minimum atomic E-state index is -4.63. The maximum Gasteiger partial charge on any atom is 0.434 e. The second-order valence-corrected chi connectivity index (χ2v) is 9.01. The number of nitrogens with zero attached hydrogens (tertiary/aromatic N) is 1. The topological polar surface area (TPSA) is 12.9 Å². The molecule has 0 unspecified atom stereocenters. The highest BCUT2D eigenvalue weighted by Crippen LogP contribution is 2.46. The second kappa shape index (κ2) is 8.70. The summed E-state index contributed by atoms with van der Waals surface area (Å²) in [6, 6.07) is 28.2. The Bertz CT molecular complexity index is 1510.